The van der Waals surface area contributed by atoms with Crippen LogP contribution in [0.15, 0.2) is 71.9 Å². The Kier molecular flexibility index (Phi) is 18.9. The van der Waals surface area contributed by atoms with Crippen LogP contribution in [0.4, 0.5) is 0 Å². The molecule has 290 valence electrons. The van der Waals surface area contributed by atoms with E-state index in [1.165, 1.54) is 0 Å². The van der Waals surface area contributed by atoms with Crippen molar-refractivity contribution in [2.75, 3.05) is 0 Å². The van der Waals surface area contributed by atoms with Crippen molar-refractivity contribution in [3.63, 3.8) is 0 Å². The second-order valence-corrected chi connectivity index (χ2v) is 16.2. The van der Waals surface area contributed by atoms with Gasteiger partial charge in [0.15, 0.2) is 17.3 Å². The molecule has 0 saturated carbocycles. The van der Waals surface area contributed by atoms with Gasteiger partial charge in [0.05, 0.1) is 23.9 Å². The molecule has 0 aromatic carbocycles. The van der Waals surface area contributed by atoms with Crippen LogP contribution < -0.4 is 0 Å². The number of rotatable bonds is 8. The quantitative estimate of drug-likeness (QED) is 0.198. The number of aliphatic hydroxyl groups excluding tert-OH is 1. The highest BCUT2D eigenvalue weighted by molar-refractivity contribution is 6.07. The number of hydrogen-bond acceptors (Lipinski definition) is 6. The molecule has 6 nitrogen and oxygen atoms in total. The molecule has 1 heterocycles. The Morgan fingerprint density at radius 2 is 1.17 bits per heavy atom. The molecule has 2 aliphatic carbocycles. The lowest BCUT2D eigenvalue weighted by Gasteiger charge is -2.35. The summed E-state index contributed by atoms with van der Waals surface area (Å²) in [5.74, 6) is 0.315. The number of Topliss-reactive ketones (excluding diaryl/α,β-unsaturated/α-hetero) is 1. The molecule has 52 heavy (non-hydrogen) atoms. The Morgan fingerprint density at radius 3 is 1.69 bits per heavy atom. The van der Waals surface area contributed by atoms with Crippen molar-refractivity contribution in [1.29, 1.82) is 0 Å². The predicted octanol–water partition coefficient (Wildman–Crippen LogP) is 10.8. The van der Waals surface area contributed by atoms with E-state index in [9.17, 15) is 19.5 Å². The summed E-state index contributed by atoms with van der Waals surface area (Å²) in [5, 5.41) is 11.2. The van der Waals surface area contributed by atoms with Crippen LogP contribution in [0.3, 0.4) is 0 Å². The van der Waals surface area contributed by atoms with E-state index in [0.717, 1.165) is 101 Å². The molecule has 0 fully saturated rings. The van der Waals surface area contributed by atoms with Gasteiger partial charge in [0.2, 0.25) is 0 Å². The van der Waals surface area contributed by atoms with Crippen molar-refractivity contribution in [2.24, 2.45) is 11.8 Å². The van der Waals surface area contributed by atoms with Crippen molar-refractivity contribution in [3.05, 3.63) is 71.9 Å². The van der Waals surface area contributed by atoms with Crippen LogP contribution in [0.5, 0.6) is 0 Å². The minimum absolute atomic E-state index is 0.0395. The van der Waals surface area contributed by atoms with Crippen LogP contribution in [0.2, 0.25) is 0 Å². The van der Waals surface area contributed by atoms with Gasteiger partial charge in [-0.1, -0.05) is 101 Å². The summed E-state index contributed by atoms with van der Waals surface area (Å²) in [5.41, 5.74) is 0.0248. The number of fused-ring (bicyclic) bond motifs is 2. The first-order valence-electron chi connectivity index (χ1n) is 20.6. The molecule has 0 aromatic heterocycles. The van der Waals surface area contributed by atoms with Crippen molar-refractivity contribution < 1.29 is 29.0 Å². The Morgan fingerprint density at radius 1 is 0.673 bits per heavy atom. The first kappa shape index (κ1) is 43.7. The average Bonchev–Trinajstić information content (AvgIpc) is 3.64. The summed E-state index contributed by atoms with van der Waals surface area (Å²) in [6, 6.07) is 0. The molecular weight excluding hydrogens is 649 g/mol. The molecule has 0 radical (unpaired) electrons. The third-order valence-electron chi connectivity index (χ3n) is 10.9. The van der Waals surface area contributed by atoms with Gasteiger partial charge in [-0.25, -0.2) is 0 Å². The summed E-state index contributed by atoms with van der Waals surface area (Å²) in [7, 11) is 0. The van der Waals surface area contributed by atoms with Crippen LogP contribution in [0.25, 0.3) is 0 Å². The van der Waals surface area contributed by atoms with Crippen molar-refractivity contribution in [1.82, 2.24) is 0 Å². The lowest BCUT2D eigenvalue weighted by molar-refractivity contribution is -0.148. The highest BCUT2D eigenvalue weighted by Crippen LogP contribution is 2.31. The molecule has 5 atom stereocenters. The summed E-state index contributed by atoms with van der Waals surface area (Å²) in [4.78, 5) is 39.1. The lowest BCUT2D eigenvalue weighted by atomic mass is 9.93. The zero-order valence-corrected chi connectivity index (χ0v) is 33.4. The smallest absolute Gasteiger partial charge is 0.181 e. The minimum atomic E-state index is -0.905. The maximum Gasteiger partial charge on any atom is 0.181 e. The number of ketones is 3. The van der Waals surface area contributed by atoms with Crippen molar-refractivity contribution in [3.8, 4) is 0 Å². The Hall–Kier alpha value is -2.67. The van der Waals surface area contributed by atoms with Gasteiger partial charge < -0.3 is 14.6 Å². The topological polar surface area (TPSA) is 89.9 Å². The molecule has 3 aliphatic rings. The lowest BCUT2D eigenvalue weighted by Crippen LogP contribution is -2.42. The zero-order valence-electron chi connectivity index (χ0n) is 33.4. The normalized spacial score (nSPS) is 31.8. The molecule has 0 aromatic rings. The van der Waals surface area contributed by atoms with Crippen molar-refractivity contribution in [2.45, 2.75) is 187 Å². The van der Waals surface area contributed by atoms with E-state index in [0.29, 0.717) is 25.7 Å². The molecule has 6 heteroatoms. The molecule has 1 aliphatic heterocycles. The van der Waals surface area contributed by atoms with Crippen molar-refractivity contribution >= 4 is 17.3 Å². The Bertz CT molecular complexity index is 1320. The molecular formula is C46H70O6. The molecule has 0 bridgehead atoms. The summed E-state index contributed by atoms with van der Waals surface area (Å²) in [6.45, 7) is 12.1. The van der Waals surface area contributed by atoms with E-state index < -0.39 is 17.3 Å². The van der Waals surface area contributed by atoms with E-state index in [4.69, 9.17) is 9.47 Å². The van der Waals surface area contributed by atoms with E-state index in [1.807, 2.05) is 39.8 Å². The minimum Gasteiger partial charge on any atom is -0.390 e. The average molecular weight is 719 g/mol. The molecule has 3 rings (SSSR count). The second-order valence-electron chi connectivity index (χ2n) is 16.2. The Balaban J connectivity index is 1.78. The second kappa shape index (κ2) is 22.5. The standard InChI is InChI=1S/C46H70O6/c1-7-9-15-23-37-29-31-39-35(27-33-41(39)47)21-17-12-14-20-26-44(50)46(5,6)52-38(24-16-10-8-2)30-32-40-36(28-34-42(40)48)22-18-11-13-19-25-43(49)45(3,4)51-37/h11-12,17-18,27-28,31-38,43,49H,7-10,13-16,19-26,29-30H2,1-6H3/b17-12-,18-11-,39-31+,40-32-/t35-,36-,37-,38-,43?/m0/s1. The summed E-state index contributed by atoms with van der Waals surface area (Å²) >= 11 is 0. The number of carbonyl (C=O) groups is 3. The van der Waals surface area contributed by atoms with Crippen LogP contribution in [-0.2, 0) is 23.9 Å². The van der Waals surface area contributed by atoms with E-state index >= 15 is 0 Å². The molecule has 0 saturated heterocycles. The van der Waals surface area contributed by atoms with Gasteiger partial charge in [0.25, 0.3) is 0 Å². The van der Waals surface area contributed by atoms with E-state index in [2.05, 4.69) is 50.3 Å². The zero-order chi connectivity index (χ0) is 38.0. The monoisotopic (exact) mass is 719 g/mol. The first-order valence-corrected chi connectivity index (χ1v) is 20.6. The van der Waals surface area contributed by atoms with E-state index in [1.54, 1.807) is 12.2 Å². The first-order chi connectivity index (χ1) is 24.9. The summed E-state index contributed by atoms with van der Waals surface area (Å²) < 4.78 is 13.2. The number of ether oxygens (including phenoxy) is 2. The predicted molar refractivity (Wildman–Crippen MR) is 213 cm³/mol. The third kappa shape index (κ3) is 14.6. The van der Waals surface area contributed by atoms with Gasteiger partial charge in [-0.2, -0.15) is 0 Å². The van der Waals surface area contributed by atoms with Gasteiger partial charge in [0, 0.05) is 29.4 Å². The van der Waals surface area contributed by atoms with Crippen LogP contribution in [0.1, 0.15) is 157 Å². The Labute approximate surface area is 316 Å². The molecule has 0 amide bonds. The fraction of sp³-hybridized carbons (Fsp3) is 0.674. The largest absolute Gasteiger partial charge is 0.390 e. The van der Waals surface area contributed by atoms with E-state index in [-0.39, 0.29) is 41.4 Å². The maximum atomic E-state index is 13.4. The number of carbonyl (C=O) groups excluding carboxylic acids is 3. The molecule has 1 N–H and O–H groups in total. The van der Waals surface area contributed by atoms with Crippen LogP contribution in [-0.4, -0.2) is 52.0 Å². The highest BCUT2D eigenvalue weighted by atomic mass is 16.5. The molecule has 1 unspecified atom stereocenters. The fourth-order valence-electron chi connectivity index (χ4n) is 7.47. The van der Waals surface area contributed by atoms with Gasteiger partial charge in [0.1, 0.15) is 5.60 Å². The highest BCUT2D eigenvalue weighted by Gasteiger charge is 2.33. The maximum absolute atomic E-state index is 13.4. The number of aliphatic hydroxyl groups is 1. The van der Waals surface area contributed by atoms with Gasteiger partial charge in [-0.15, -0.1) is 0 Å². The number of unbranched alkanes of at least 4 members (excludes halogenated alkanes) is 4. The number of allylic oxidation sites excluding steroid dienone is 10. The number of hydrogen-bond donors (Lipinski definition) is 1. The van der Waals surface area contributed by atoms with Gasteiger partial charge in [-0.3, -0.25) is 14.4 Å². The van der Waals surface area contributed by atoms with Gasteiger partial charge in [-0.05, 0) is 110 Å². The fourth-order valence-corrected chi connectivity index (χ4v) is 7.47. The van der Waals surface area contributed by atoms with Crippen LogP contribution >= 0.6 is 0 Å². The molecule has 0 spiro atoms. The van der Waals surface area contributed by atoms with Gasteiger partial charge >= 0.3 is 0 Å². The summed E-state index contributed by atoms with van der Waals surface area (Å²) in [6.07, 6.45) is 34.5. The van der Waals surface area contributed by atoms with Crippen LogP contribution in [0, 0.1) is 11.8 Å². The SMILES string of the molecule is CCCCC[C@H]1C/C=C2\C(=O)C=C[C@@H]2C/C=C\CCCC(O)C(C)(C)O[C@@H](CCCCC)C/C=C2/C(=O)C=C[C@@H]2C/C=C\CCCC(=O)C(C)(C)O1. The third-order valence-corrected chi connectivity index (χ3v) is 10.9.